The van der Waals surface area contributed by atoms with E-state index in [1.807, 2.05) is 0 Å². The van der Waals surface area contributed by atoms with Gasteiger partial charge in [-0.05, 0) is 0 Å². The van der Waals surface area contributed by atoms with Crippen LogP contribution in [0.5, 0.6) is 0 Å². The molecular weight excluding hydrogens is 248 g/mol. The summed E-state index contributed by atoms with van der Waals surface area (Å²) in [6, 6.07) is 0. The summed E-state index contributed by atoms with van der Waals surface area (Å²) in [4.78, 5) is 0. The smallest absolute Gasteiger partial charge is 0.0795 e. The molecule has 0 bridgehead atoms. The van der Waals surface area contributed by atoms with Gasteiger partial charge >= 0.3 is 0 Å². The Morgan fingerprint density at radius 3 is 0.438 bits per heavy atom. The zero-order valence-corrected chi connectivity index (χ0v) is 8.28. The highest BCUT2D eigenvalue weighted by Crippen LogP contribution is 1.49. The molecule has 0 aliphatic rings. The average molecular weight is 264 g/mol. The molecular formula is C8H16F8. The summed E-state index contributed by atoms with van der Waals surface area (Å²) in [5, 5.41) is 0. The summed E-state index contributed by atoms with van der Waals surface area (Å²) in [5.74, 6) is 0. The first-order chi connectivity index (χ1) is 5.66. The summed E-state index contributed by atoms with van der Waals surface area (Å²) in [6.07, 6.45) is 1.00. The first-order valence-electron chi connectivity index (χ1n) is 2.51. The fraction of sp³-hybridized carbons (Fsp3) is 0. The lowest BCUT2D eigenvalue weighted by Crippen LogP contribution is -0.990. The second-order valence-electron chi connectivity index (χ2n) is 0.617. The Kier molecular flexibility index (Phi) is 1410. The minimum Gasteiger partial charge on any atom is -0.269 e. The van der Waals surface area contributed by atoms with Gasteiger partial charge in [0.1, 0.15) is 0 Å². The second kappa shape index (κ2) is 358. The first-order valence-corrected chi connectivity index (χ1v) is 2.51. The van der Waals surface area contributed by atoms with E-state index in [1.54, 1.807) is 0 Å². The van der Waals surface area contributed by atoms with Crippen LogP contribution in [-0.4, -0.2) is 0 Å². The molecule has 0 N–H and O–H groups in total. The van der Waals surface area contributed by atoms with Gasteiger partial charge in [0, 0.05) is 0 Å². The molecule has 104 valence electrons. The van der Waals surface area contributed by atoms with Crippen LogP contribution in [0.4, 0.5) is 36.4 Å². The van der Waals surface area contributed by atoms with E-state index < -0.39 is 0 Å². The van der Waals surface area contributed by atoms with Gasteiger partial charge in [0.25, 0.3) is 0 Å². The molecule has 0 unspecified atom stereocenters. The monoisotopic (exact) mass is 264 g/mol. The molecule has 0 amide bonds. The largest absolute Gasteiger partial charge is 0.269 e. The highest BCUT2D eigenvalue weighted by molar-refractivity contribution is 4.40. The molecule has 0 aromatic heterocycles. The highest BCUT2D eigenvalue weighted by atomic mass is 19.1. The van der Waals surface area contributed by atoms with E-state index in [4.69, 9.17) is 0 Å². The number of hydrogen-bond acceptors (Lipinski definition) is 0. The highest BCUT2D eigenvalue weighted by Gasteiger charge is 1.20. The topological polar surface area (TPSA) is 0 Å². The Hall–Kier alpha value is -1.60. The number of hydrogen-bond donors (Lipinski definition) is 0. The molecule has 0 aliphatic heterocycles. The minimum absolute atomic E-state index is 0. The first kappa shape index (κ1) is 63.1. The van der Waals surface area contributed by atoms with E-state index in [-0.39, 0.29) is 44.1 Å². The maximum absolute atomic E-state index is 10.1. The maximum Gasteiger partial charge on any atom is 0.0795 e. The molecule has 0 fully saturated rings. The summed E-state index contributed by atoms with van der Waals surface area (Å²) in [6.45, 7) is 10.8. The van der Waals surface area contributed by atoms with E-state index in [1.165, 1.54) is 0 Å². The molecule has 0 saturated heterocycles. The summed E-state index contributed by atoms with van der Waals surface area (Å²) >= 11 is 0. The van der Waals surface area contributed by atoms with Crippen LogP contribution in [0.25, 0.3) is 0 Å². The molecule has 0 radical (unpaired) electrons. The minimum atomic E-state index is 0. The van der Waals surface area contributed by atoms with Crippen molar-refractivity contribution in [1.82, 2.24) is 0 Å². The predicted molar refractivity (Wildman–Crippen MR) is 55.2 cm³/mol. The van der Waals surface area contributed by atoms with Crippen molar-refractivity contribution in [3.8, 4) is 0 Å². The molecule has 0 saturated carbocycles. The van der Waals surface area contributed by atoms with Gasteiger partial charge in [-0.25, -0.2) is 17.6 Å². The Morgan fingerprint density at radius 2 is 0.438 bits per heavy atom. The number of halogens is 8. The molecule has 0 spiro atoms. The predicted octanol–water partition coefficient (Wildman–Crippen LogP) is 5.01. The molecule has 16 heavy (non-hydrogen) atoms. The lowest BCUT2D eigenvalue weighted by atomic mass is 11.2. The zero-order chi connectivity index (χ0) is 10.8. The van der Waals surface area contributed by atoms with Crippen molar-refractivity contribution in [3.63, 3.8) is 0 Å². The van der Waals surface area contributed by atoms with E-state index in [0.29, 0.717) is 0 Å². The molecule has 8 heteroatoms. The van der Waals surface area contributed by atoms with E-state index in [9.17, 15) is 17.6 Å². The van der Waals surface area contributed by atoms with E-state index in [0.717, 1.165) is 0 Å². The lowest BCUT2D eigenvalue weighted by Gasteiger charge is -1.28. The summed E-state index contributed by atoms with van der Waals surface area (Å²) in [5.41, 5.74) is 0. The fourth-order valence-electron chi connectivity index (χ4n) is 0. The van der Waals surface area contributed by atoms with Gasteiger partial charge in [0.15, 0.2) is 0 Å². The zero-order valence-electron chi connectivity index (χ0n) is 8.28. The Labute approximate surface area is 89.1 Å². The van der Waals surface area contributed by atoms with Crippen LogP contribution < -0.4 is 0 Å². The van der Waals surface area contributed by atoms with Gasteiger partial charge in [-0.3, -0.25) is 18.8 Å². The van der Waals surface area contributed by atoms with Crippen LogP contribution in [0.2, 0.25) is 0 Å². The standard InChI is InChI=1S/4C2H3F.4FH/c4*1-2-3;;;;/h4*2H,1H2;4*1H. The van der Waals surface area contributed by atoms with Crippen LogP contribution in [-0.2, 0) is 0 Å². The van der Waals surface area contributed by atoms with Crippen molar-refractivity contribution in [2.75, 3.05) is 0 Å². The fourth-order valence-corrected chi connectivity index (χ4v) is 0. The van der Waals surface area contributed by atoms with Gasteiger partial charge in [-0.2, -0.15) is 0 Å². The normalized spacial score (nSPS) is 3.25. The molecule has 0 atom stereocenters. The maximum atomic E-state index is 10.1. The molecule has 0 aromatic carbocycles. The Bertz CT molecular complexity index is 70.0. The average Bonchev–Trinajstić information content (AvgIpc) is 1.92. The van der Waals surface area contributed by atoms with Crippen molar-refractivity contribution in [1.29, 1.82) is 0 Å². The third-order valence-electron chi connectivity index (χ3n) is 0. The van der Waals surface area contributed by atoms with Crippen molar-refractivity contribution < 1.29 is 36.4 Å². The van der Waals surface area contributed by atoms with E-state index in [2.05, 4.69) is 26.3 Å². The lowest BCUT2D eigenvalue weighted by molar-refractivity contribution is 0.724. The van der Waals surface area contributed by atoms with Crippen molar-refractivity contribution in [3.05, 3.63) is 51.6 Å². The third-order valence-corrected chi connectivity index (χ3v) is 0. The van der Waals surface area contributed by atoms with Crippen molar-refractivity contribution in [2.45, 2.75) is 0 Å². The molecule has 0 heterocycles. The van der Waals surface area contributed by atoms with Crippen LogP contribution >= 0.6 is 0 Å². The van der Waals surface area contributed by atoms with Crippen molar-refractivity contribution in [2.24, 2.45) is 0 Å². The molecule has 0 aromatic rings. The number of rotatable bonds is 0. The third kappa shape index (κ3) is 629. The molecule has 0 nitrogen and oxygen atoms in total. The van der Waals surface area contributed by atoms with Gasteiger partial charge in [0.05, 0.1) is 25.3 Å². The Morgan fingerprint density at radius 1 is 0.438 bits per heavy atom. The summed E-state index contributed by atoms with van der Waals surface area (Å²) in [7, 11) is 0. The van der Waals surface area contributed by atoms with Gasteiger partial charge < -0.3 is 0 Å². The van der Waals surface area contributed by atoms with Gasteiger partial charge in [0.2, 0.25) is 0 Å². The van der Waals surface area contributed by atoms with Gasteiger partial charge in [-0.1, -0.05) is 26.3 Å². The SMILES string of the molecule is C=CF.C=CF.C=CF.C=CF.F.F.F.F. The summed E-state index contributed by atoms with van der Waals surface area (Å²) < 4.78 is 40.2. The van der Waals surface area contributed by atoms with Crippen LogP contribution in [0, 0.1) is 0 Å². The Balaban J connectivity index is -0.00000000821. The molecule has 0 rings (SSSR count). The second-order valence-corrected chi connectivity index (χ2v) is 0.617. The van der Waals surface area contributed by atoms with Gasteiger partial charge in [-0.15, -0.1) is 0 Å². The van der Waals surface area contributed by atoms with E-state index >= 15 is 0 Å². The van der Waals surface area contributed by atoms with Crippen LogP contribution in [0.1, 0.15) is 0 Å². The van der Waals surface area contributed by atoms with Crippen LogP contribution in [0.3, 0.4) is 0 Å². The van der Waals surface area contributed by atoms with Crippen molar-refractivity contribution >= 4 is 0 Å². The van der Waals surface area contributed by atoms with Crippen LogP contribution in [0.15, 0.2) is 51.6 Å². The quantitative estimate of drug-likeness (QED) is 0.539. The molecule has 0 aliphatic carbocycles.